The van der Waals surface area contributed by atoms with E-state index in [-0.39, 0.29) is 5.91 Å². The number of pyridine rings is 1. The lowest BCUT2D eigenvalue weighted by atomic mass is 10.1. The summed E-state index contributed by atoms with van der Waals surface area (Å²) in [6, 6.07) is 14.3. The maximum absolute atomic E-state index is 12.5. The van der Waals surface area contributed by atoms with Gasteiger partial charge in [0.15, 0.2) is 0 Å². The summed E-state index contributed by atoms with van der Waals surface area (Å²) in [6.45, 7) is 0. The van der Waals surface area contributed by atoms with Crippen molar-refractivity contribution in [3.8, 4) is 5.82 Å². The van der Waals surface area contributed by atoms with Crippen LogP contribution in [-0.2, 0) is 11.2 Å². The Bertz CT molecular complexity index is 815. The molecule has 3 rings (SSSR count). The molecule has 6 nitrogen and oxygen atoms in total. The van der Waals surface area contributed by atoms with E-state index >= 15 is 0 Å². The van der Waals surface area contributed by atoms with E-state index < -0.39 is 6.04 Å². The molecule has 24 heavy (non-hydrogen) atoms. The quantitative estimate of drug-likeness (QED) is 0.703. The van der Waals surface area contributed by atoms with E-state index in [2.05, 4.69) is 15.3 Å². The Morgan fingerprint density at radius 2 is 1.96 bits per heavy atom. The van der Waals surface area contributed by atoms with Crippen molar-refractivity contribution in [2.75, 3.05) is 0 Å². The second kappa shape index (κ2) is 7.32. The van der Waals surface area contributed by atoms with Gasteiger partial charge in [-0.15, -0.1) is 0 Å². The van der Waals surface area contributed by atoms with E-state index in [4.69, 9.17) is 0 Å². The normalized spacial score (nSPS) is 11.7. The molecule has 1 amide bonds. The number of nitrogens with one attached hydrogen (secondary N) is 1. The van der Waals surface area contributed by atoms with E-state index in [1.165, 1.54) is 12.5 Å². The number of hydrogen-bond acceptors (Lipinski definition) is 4. The highest BCUT2D eigenvalue weighted by Gasteiger charge is 2.18. The average molecular weight is 320 g/mol. The summed E-state index contributed by atoms with van der Waals surface area (Å²) in [7, 11) is 0. The van der Waals surface area contributed by atoms with Gasteiger partial charge in [0, 0.05) is 6.20 Å². The van der Waals surface area contributed by atoms with Gasteiger partial charge in [-0.3, -0.25) is 9.36 Å². The van der Waals surface area contributed by atoms with Crippen LogP contribution in [0.1, 0.15) is 16.1 Å². The van der Waals surface area contributed by atoms with Crippen molar-refractivity contribution in [3.63, 3.8) is 0 Å². The van der Waals surface area contributed by atoms with Crippen LogP contribution >= 0.6 is 0 Å². The van der Waals surface area contributed by atoms with E-state index in [1.807, 2.05) is 36.4 Å². The van der Waals surface area contributed by atoms with Gasteiger partial charge >= 0.3 is 0 Å². The van der Waals surface area contributed by atoms with E-state index in [0.717, 1.165) is 11.8 Å². The molecule has 6 heteroatoms. The van der Waals surface area contributed by atoms with Gasteiger partial charge in [-0.25, -0.2) is 9.97 Å². The molecule has 120 valence electrons. The number of nitrogens with zero attached hydrogens (tertiary/aromatic N) is 3. The Hall–Kier alpha value is -3.28. The number of carbonyl (C=O) groups is 2. The number of amides is 1. The molecule has 0 aliphatic heterocycles. The second-order valence-corrected chi connectivity index (χ2v) is 5.24. The van der Waals surface area contributed by atoms with Crippen LogP contribution in [0.3, 0.4) is 0 Å². The first-order chi connectivity index (χ1) is 11.8. The first-order valence-electron chi connectivity index (χ1n) is 7.52. The smallest absolute Gasteiger partial charge is 0.270 e. The van der Waals surface area contributed by atoms with E-state index in [0.29, 0.717) is 17.9 Å². The summed E-state index contributed by atoms with van der Waals surface area (Å²) in [5.74, 6) is 0.219. The lowest BCUT2D eigenvalue weighted by Gasteiger charge is -2.13. The zero-order chi connectivity index (χ0) is 16.8. The number of benzene rings is 1. The standard InChI is InChI=1S/C18H16N4O2/c23-12-15(10-14-6-2-1-3-7-14)21-18(24)16-11-19-13-22(16)17-8-4-5-9-20-17/h1-9,11-13,15H,10H2,(H,21,24). The van der Waals surface area contributed by atoms with Crippen LogP contribution in [0.2, 0.25) is 0 Å². The molecule has 2 heterocycles. The first kappa shape index (κ1) is 15.6. The third-order valence-electron chi connectivity index (χ3n) is 3.55. The zero-order valence-corrected chi connectivity index (χ0v) is 12.9. The summed E-state index contributed by atoms with van der Waals surface area (Å²) in [6.07, 6.45) is 5.79. The van der Waals surface area contributed by atoms with E-state index in [1.54, 1.807) is 22.9 Å². The largest absolute Gasteiger partial charge is 0.341 e. The first-order valence-corrected chi connectivity index (χ1v) is 7.52. The minimum atomic E-state index is -0.605. The predicted molar refractivity (Wildman–Crippen MR) is 88.8 cm³/mol. The fourth-order valence-electron chi connectivity index (χ4n) is 2.39. The molecule has 0 bridgehead atoms. The van der Waals surface area contributed by atoms with Gasteiger partial charge in [0.1, 0.15) is 24.1 Å². The number of rotatable bonds is 6. The molecule has 1 atom stereocenters. The molecule has 3 aromatic rings. The van der Waals surface area contributed by atoms with E-state index in [9.17, 15) is 9.59 Å². The predicted octanol–water partition coefficient (Wildman–Crippen LogP) is 1.81. The van der Waals surface area contributed by atoms with Crippen molar-refractivity contribution < 1.29 is 9.59 Å². The van der Waals surface area contributed by atoms with Crippen molar-refractivity contribution >= 4 is 12.2 Å². The third-order valence-corrected chi connectivity index (χ3v) is 3.55. The molecular formula is C18H16N4O2. The number of aromatic nitrogens is 3. The van der Waals surface area contributed by atoms with Gasteiger partial charge in [-0.1, -0.05) is 36.4 Å². The molecule has 2 aromatic heterocycles. The van der Waals surface area contributed by atoms with Gasteiger partial charge < -0.3 is 10.1 Å². The Morgan fingerprint density at radius 1 is 1.17 bits per heavy atom. The molecule has 0 fully saturated rings. The molecule has 0 saturated carbocycles. The van der Waals surface area contributed by atoms with Gasteiger partial charge in [-0.2, -0.15) is 0 Å². The summed E-state index contributed by atoms with van der Waals surface area (Å²) in [5.41, 5.74) is 1.31. The highest BCUT2D eigenvalue weighted by Crippen LogP contribution is 2.09. The molecule has 0 radical (unpaired) electrons. The van der Waals surface area contributed by atoms with Crippen molar-refractivity contribution in [3.05, 3.63) is 78.5 Å². The molecule has 1 unspecified atom stereocenters. The number of carbonyl (C=O) groups excluding carboxylic acids is 2. The number of imidazole rings is 1. The van der Waals surface area contributed by atoms with Gasteiger partial charge in [0.25, 0.3) is 5.91 Å². The fourth-order valence-corrected chi connectivity index (χ4v) is 2.39. The topological polar surface area (TPSA) is 76.9 Å². The molecule has 0 aliphatic rings. The highest BCUT2D eigenvalue weighted by atomic mass is 16.2. The van der Waals surface area contributed by atoms with Crippen LogP contribution in [-0.4, -0.2) is 32.8 Å². The Morgan fingerprint density at radius 3 is 2.67 bits per heavy atom. The lowest BCUT2D eigenvalue weighted by molar-refractivity contribution is -0.109. The zero-order valence-electron chi connectivity index (χ0n) is 12.9. The van der Waals surface area contributed by atoms with Crippen LogP contribution in [0.15, 0.2) is 67.3 Å². The SMILES string of the molecule is O=CC(Cc1ccccc1)NC(=O)c1cncn1-c1ccccn1. The molecule has 0 spiro atoms. The van der Waals surface area contributed by atoms with Crippen LogP contribution in [0.5, 0.6) is 0 Å². The number of hydrogen-bond donors (Lipinski definition) is 1. The molecule has 1 aromatic carbocycles. The van der Waals surface area contributed by atoms with Crippen LogP contribution in [0.25, 0.3) is 5.82 Å². The van der Waals surface area contributed by atoms with Crippen molar-refractivity contribution in [2.45, 2.75) is 12.5 Å². The van der Waals surface area contributed by atoms with Gasteiger partial charge in [0.05, 0.1) is 12.2 Å². The van der Waals surface area contributed by atoms with Crippen molar-refractivity contribution in [1.29, 1.82) is 0 Å². The molecule has 0 aliphatic carbocycles. The second-order valence-electron chi connectivity index (χ2n) is 5.24. The Kier molecular flexibility index (Phi) is 4.76. The highest BCUT2D eigenvalue weighted by molar-refractivity contribution is 5.94. The minimum absolute atomic E-state index is 0.327. The van der Waals surface area contributed by atoms with Crippen LogP contribution < -0.4 is 5.32 Å². The third kappa shape index (κ3) is 3.55. The maximum Gasteiger partial charge on any atom is 0.270 e. The summed E-state index contributed by atoms with van der Waals surface area (Å²) < 4.78 is 1.58. The summed E-state index contributed by atoms with van der Waals surface area (Å²) in [5, 5.41) is 2.73. The Balaban J connectivity index is 1.75. The molecule has 0 saturated heterocycles. The van der Waals surface area contributed by atoms with Crippen LogP contribution in [0.4, 0.5) is 0 Å². The number of aldehydes is 1. The molecular weight excluding hydrogens is 304 g/mol. The van der Waals surface area contributed by atoms with Gasteiger partial charge in [0.2, 0.25) is 0 Å². The van der Waals surface area contributed by atoms with Crippen LogP contribution in [0, 0.1) is 0 Å². The minimum Gasteiger partial charge on any atom is -0.341 e. The van der Waals surface area contributed by atoms with Gasteiger partial charge in [-0.05, 0) is 24.1 Å². The summed E-state index contributed by atoms with van der Waals surface area (Å²) in [4.78, 5) is 32.0. The fraction of sp³-hybridized carbons (Fsp3) is 0.111. The van der Waals surface area contributed by atoms with Crippen molar-refractivity contribution in [2.24, 2.45) is 0 Å². The average Bonchev–Trinajstić information content (AvgIpc) is 3.12. The summed E-state index contributed by atoms with van der Waals surface area (Å²) >= 11 is 0. The monoisotopic (exact) mass is 320 g/mol. The van der Waals surface area contributed by atoms with Crippen molar-refractivity contribution in [1.82, 2.24) is 19.9 Å². The molecule has 1 N–H and O–H groups in total. The Labute approximate surface area is 139 Å². The lowest BCUT2D eigenvalue weighted by Crippen LogP contribution is -2.38. The maximum atomic E-state index is 12.5.